The molecule has 8 nitrogen and oxygen atoms in total. The Bertz CT molecular complexity index is 983. The number of rotatable bonds is 6. The molecule has 1 aromatic heterocycles. The molecule has 2 aliphatic heterocycles. The van der Waals surface area contributed by atoms with Crippen LogP contribution in [-0.2, 0) is 19.1 Å². The Morgan fingerprint density at radius 1 is 1.23 bits per heavy atom. The number of nitrogens with zero attached hydrogens (tertiary/aromatic N) is 2. The Hall–Kier alpha value is -3.04. The van der Waals surface area contributed by atoms with Crippen LogP contribution >= 0.6 is 11.3 Å². The monoisotopic (exact) mass is 441 g/mol. The molecule has 0 spiro atoms. The fraction of sp³-hybridized carbons (Fsp3) is 0.364. The Labute approximate surface area is 183 Å². The molecule has 2 atom stereocenters. The van der Waals surface area contributed by atoms with Gasteiger partial charge < -0.3 is 15.0 Å². The fourth-order valence-corrected chi connectivity index (χ4v) is 4.61. The zero-order valence-electron chi connectivity index (χ0n) is 17.1. The number of thiophene rings is 1. The van der Waals surface area contributed by atoms with Crippen molar-refractivity contribution in [2.45, 2.75) is 38.3 Å². The minimum Gasteiger partial charge on any atom is -0.376 e. The molecule has 3 heterocycles. The second-order valence-electron chi connectivity index (χ2n) is 7.59. The first-order valence-corrected chi connectivity index (χ1v) is 11.0. The first-order chi connectivity index (χ1) is 14.9. The lowest BCUT2D eigenvalue weighted by Crippen LogP contribution is -2.48. The summed E-state index contributed by atoms with van der Waals surface area (Å²) in [5, 5.41) is 4.46. The van der Waals surface area contributed by atoms with Crippen molar-refractivity contribution < 1.29 is 23.9 Å². The van der Waals surface area contributed by atoms with Crippen LogP contribution in [0, 0.1) is 0 Å². The highest BCUT2D eigenvalue weighted by molar-refractivity contribution is 7.12. The van der Waals surface area contributed by atoms with Gasteiger partial charge in [-0.2, -0.15) is 0 Å². The maximum atomic E-state index is 13.3. The van der Waals surface area contributed by atoms with E-state index in [0.717, 1.165) is 17.7 Å². The zero-order valence-corrected chi connectivity index (χ0v) is 17.9. The molecule has 1 aromatic carbocycles. The van der Waals surface area contributed by atoms with Gasteiger partial charge in [-0.05, 0) is 48.6 Å². The smallest absolute Gasteiger partial charge is 0.264 e. The number of hydrogen-bond donors (Lipinski definition) is 1. The summed E-state index contributed by atoms with van der Waals surface area (Å²) in [4.78, 5) is 53.6. The number of imide groups is 1. The van der Waals surface area contributed by atoms with E-state index in [9.17, 15) is 19.2 Å². The quantitative estimate of drug-likeness (QED) is 0.696. The van der Waals surface area contributed by atoms with Crippen molar-refractivity contribution in [1.29, 1.82) is 0 Å². The number of carbonyl (C=O) groups is 4. The lowest BCUT2D eigenvalue weighted by Gasteiger charge is -2.29. The molecule has 1 N–H and O–H groups in total. The van der Waals surface area contributed by atoms with Crippen LogP contribution in [0.3, 0.4) is 0 Å². The van der Waals surface area contributed by atoms with E-state index in [2.05, 4.69) is 5.32 Å². The third-order valence-corrected chi connectivity index (χ3v) is 6.22. The van der Waals surface area contributed by atoms with Gasteiger partial charge in [0.2, 0.25) is 11.8 Å². The van der Waals surface area contributed by atoms with Gasteiger partial charge in [0, 0.05) is 25.8 Å². The molecule has 31 heavy (non-hydrogen) atoms. The molecule has 2 fully saturated rings. The summed E-state index contributed by atoms with van der Waals surface area (Å²) in [5.74, 6) is -1.27. The maximum absolute atomic E-state index is 13.3. The number of benzene rings is 1. The Balaban J connectivity index is 1.57. The lowest BCUT2D eigenvalue weighted by molar-refractivity contribution is -0.122. The van der Waals surface area contributed by atoms with E-state index in [1.54, 1.807) is 36.4 Å². The van der Waals surface area contributed by atoms with Gasteiger partial charge in [-0.15, -0.1) is 11.3 Å². The average Bonchev–Trinajstić information content (AvgIpc) is 3.49. The molecule has 0 radical (unpaired) electrons. The molecule has 2 saturated heterocycles. The second-order valence-corrected chi connectivity index (χ2v) is 8.53. The number of amides is 4. The summed E-state index contributed by atoms with van der Waals surface area (Å²) in [5.41, 5.74) is 0.979. The van der Waals surface area contributed by atoms with Gasteiger partial charge in [0.25, 0.3) is 11.8 Å². The molecule has 2 aliphatic rings. The van der Waals surface area contributed by atoms with Gasteiger partial charge in [-0.3, -0.25) is 19.2 Å². The number of anilines is 2. The van der Waals surface area contributed by atoms with Crippen molar-refractivity contribution in [3.8, 4) is 0 Å². The molecule has 0 bridgehead atoms. The second kappa shape index (κ2) is 8.99. The van der Waals surface area contributed by atoms with Gasteiger partial charge in [0.05, 0.1) is 23.1 Å². The molecule has 0 saturated carbocycles. The van der Waals surface area contributed by atoms with Crippen molar-refractivity contribution in [2.24, 2.45) is 0 Å². The van der Waals surface area contributed by atoms with Crippen LogP contribution in [0.1, 0.15) is 35.9 Å². The number of ether oxygens (including phenoxy) is 1. The molecule has 0 aliphatic carbocycles. The van der Waals surface area contributed by atoms with Crippen LogP contribution < -0.4 is 10.2 Å². The fourth-order valence-electron chi connectivity index (χ4n) is 3.93. The maximum Gasteiger partial charge on any atom is 0.264 e. The van der Waals surface area contributed by atoms with Crippen LogP contribution in [-0.4, -0.2) is 53.8 Å². The summed E-state index contributed by atoms with van der Waals surface area (Å²) in [7, 11) is 0. The van der Waals surface area contributed by atoms with E-state index in [1.165, 1.54) is 23.2 Å². The predicted molar refractivity (Wildman–Crippen MR) is 116 cm³/mol. The topological polar surface area (TPSA) is 96.0 Å². The van der Waals surface area contributed by atoms with Gasteiger partial charge in [0.1, 0.15) is 6.04 Å². The van der Waals surface area contributed by atoms with E-state index in [-0.39, 0.29) is 36.8 Å². The van der Waals surface area contributed by atoms with E-state index >= 15 is 0 Å². The van der Waals surface area contributed by atoms with Crippen molar-refractivity contribution >= 4 is 46.3 Å². The van der Waals surface area contributed by atoms with Crippen molar-refractivity contribution in [2.75, 3.05) is 23.4 Å². The van der Waals surface area contributed by atoms with Crippen LogP contribution in [0.25, 0.3) is 0 Å². The minimum atomic E-state index is -0.874. The molecule has 2 aromatic rings. The number of hydrogen-bond acceptors (Lipinski definition) is 6. The molecule has 162 valence electrons. The van der Waals surface area contributed by atoms with Crippen LogP contribution in [0.5, 0.6) is 0 Å². The zero-order chi connectivity index (χ0) is 22.0. The van der Waals surface area contributed by atoms with Crippen molar-refractivity contribution in [1.82, 2.24) is 4.90 Å². The first-order valence-electron chi connectivity index (χ1n) is 10.1. The van der Waals surface area contributed by atoms with Crippen LogP contribution in [0.15, 0.2) is 41.8 Å². The Kier molecular flexibility index (Phi) is 6.15. The van der Waals surface area contributed by atoms with Crippen LogP contribution in [0.4, 0.5) is 11.4 Å². The molecular weight excluding hydrogens is 418 g/mol. The van der Waals surface area contributed by atoms with Gasteiger partial charge >= 0.3 is 0 Å². The average molecular weight is 442 g/mol. The van der Waals surface area contributed by atoms with E-state index in [1.807, 2.05) is 5.38 Å². The highest BCUT2D eigenvalue weighted by atomic mass is 32.1. The summed E-state index contributed by atoms with van der Waals surface area (Å²) >= 11 is 1.31. The van der Waals surface area contributed by atoms with E-state index in [4.69, 9.17) is 4.74 Å². The van der Waals surface area contributed by atoms with Gasteiger partial charge in [0.15, 0.2) is 0 Å². The third-order valence-electron chi connectivity index (χ3n) is 5.36. The van der Waals surface area contributed by atoms with E-state index < -0.39 is 11.9 Å². The van der Waals surface area contributed by atoms with Gasteiger partial charge in [-0.1, -0.05) is 6.07 Å². The van der Waals surface area contributed by atoms with Crippen LogP contribution in [0.2, 0.25) is 0 Å². The third kappa shape index (κ3) is 4.52. The molecule has 4 rings (SSSR count). The molecule has 4 amide bonds. The minimum absolute atomic E-state index is 0.0733. The predicted octanol–water partition coefficient (Wildman–Crippen LogP) is 2.66. The number of nitrogens with one attached hydrogen (secondary N) is 1. The standard InChI is InChI=1S/C22H23N3O5S/c1-14(26)23-15-6-8-16(9-7-15)25-20(27)12-18(21(25)28)24(13-17-4-2-10-30-17)22(29)19-5-3-11-31-19/h3,5-9,11,17-18H,2,4,10,12-13H2,1H3,(H,23,26). The summed E-state index contributed by atoms with van der Waals surface area (Å²) in [6.07, 6.45) is 1.52. The van der Waals surface area contributed by atoms with Crippen molar-refractivity contribution in [3.63, 3.8) is 0 Å². The van der Waals surface area contributed by atoms with Gasteiger partial charge in [-0.25, -0.2) is 4.90 Å². The van der Waals surface area contributed by atoms with Crippen molar-refractivity contribution in [3.05, 3.63) is 46.7 Å². The molecular formula is C22H23N3O5S. The normalized spacial score (nSPS) is 20.9. The number of carbonyl (C=O) groups excluding carboxylic acids is 4. The Morgan fingerprint density at radius 3 is 2.61 bits per heavy atom. The Morgan fingerprint density at radius 2 is 2.00 bits per heavy atom. The largest absolute Gasteiger partial charge is 0.376 e. The molecule has 9 heteroatoms. The van der Waals surface area contributed by atoms with E-state index in [0.29, 0.717) is 22.9 Å². The highest BCUT2D eigenvalue weighted by Crippen LogP contribution is 2.29. The first kappa shape index (κ1) is 21.2. The lowest BCUT2D eigenvalue weighted by atomic mass is 10.1. The highest BCUT2D eigenvalue weighted by Gasteiger charge is 2.45. The summed E-state index contributed by atoms with van der Waals surface area (Å²) < 4.78 is 5.69. The summed E-state index contributed by atoms with van der Waals surface area (Å²) in [6.45, 7) is 2.31. The molecule has 2 unspecified atom stereocenters. The summed E-state index contributed by atoms with van der Waals surface area (Å²) in [6, 6.07) is 9.10. The SMILES string of the molecule is CC(=O)Nc1ccc(N2C(=O)CC(N(CC3CCCO3)C(=O)c3cccs3)C2=O)cc1.